The van der Waals surface area contributed by atoms with Gasteiger partial charge in [0.2, 0.25) is 5.91 Å². The third-order valence-corrected chi connectivity index (χ3v) is 6.18. The fourth-order valence-electron chi connectivity index (χ4n) is 2.68. The van der Waals surface area contributed by atoms with Gasteiger partial charge in [-0.25, -0.2) is 4.98 Å². The normalized spacial score (nSPS) is 17.1. The first-order chi connectivity index (χ1) is 12.9. The largest absolute Gasteiger partial charge is 0.354 e. The minimum absolute atomic E-state index is 0.151. The lowest BCUT2D eigenvalue weighted by Crippen LogP contribution is -2.45. The summed E-state index contributed by atoms with van der Waals surface area (Å²) in [5.41, 5.74) is 0.840. The number of benzene rings is 1. The molecule has 3 rings (SSSR count). The maximum absolute atomic E-state index is 12.5. The number of aryl methyl sites for hydroxylation is 1. The highest BCUT2D eigenvalue weighted by atomic mass is 32.2. The highest BCUT2D eigenvalue weighted by molar-refractivity contribution is 8.01. The van der Waals surface area contributed by atoms with Gasteiger partial charge in [-0.15, -0.1) is 11.3 Å². The number of amides is 2. The summed E-state index contributed by atoms with van der Waals surface area (Å²) in [7, 11) is 0. The number of hydrogen-bond donors (Lipinski definition) is 2. The summed E-state index contributed by atoms with van der Waals surface area (Å²) in [6, 6.07) is 3.69. The van der Waals surface area contributed by atoms with Gasteiger partial charge in [-0.2, -0.15) is 0 Å². The van der Waals surface area contributed by atoms with Gasteiger partial charge in [0.15, 0.2) is 4.34 Å². The summed E-state index contributed by atoms with van der Waals surface area (Å²) < 4.78 is 0.697. The summed E-state index contributed by atoms with van der Waals surface area (Å²) in [6.07, 6.45) is 2.25. The highest BCUT2D eigenvalue weighted by Gasteiger charge is 2.25. The van der Waals surface area contributed by atoms with Crippen molar-refractivity contribution in [2.45, 2.75) is 41.5 Å². The Morgan fingerprint density at radius 1 is 1.44 bits per heavy atom. The zero-order valence-electron chi connectivity index (χ0n) is 14.6. The predicted molar refractivity (Wildman–Crippen MR) is 102 cm³/mol. The minimum Gasteiger partial charge on any atom is -0.354 e. The summed E-state index contributed by atoms with van der Waals surface area (Å²) in [5.74, 6) is -0.719. The molecule has 1 aromatic carbocycles. The average molecular weight is 406 g/mol. The molecule has 2 heterocycles. The van der Waals surface area contributed by atoms with Crippen LogP contribution in [0.1, 0.15) is 35.3 Å². The van der Waals surface area contributed by atoms with Crippen LogP contribution in [0.4, 0.5) is 5.69 Å². The molecular weight excluding hydrogens is 388 g/mol. The molecule has 2 N–H and O–H groups in total. The first kappa shape index (κ1) is 19.3. The molecule has 1 unspecified atom stereocenters. The number of carbonyl (C=O) groups is 2. The van der Waals surface area contributed by atoms with Crippen molar-refractivity contribution in [3.05, 3.63) is 45.0 Å². The number of thiazole rings is 1. The van der Waals surface area contributed by atoms with Crippen LogP contribution >= 0.6 is 23.1 Å². The van der Waals surface area contributed by atoms with Crippen LogP contribution in [0.5, 0.6) is 0 Å². The third-order valence-electron chi connectivity index (χ3n) is 4.05. The molecule has 2 amide bonds. The number of nitrogens with one attached hydrogen (secondary N) is 2. The molecule has 1 aliphatic heterocycles. The second-order valence-electron chi connectivity index (χ2n) is 6.11. The molecular formula is C17H18N4O4S2. The van der Waals surface area contributed by atoms with Gasteiger partial charge in [-0.3, -0.25) is 19.7 Å². The van der Waals surface area contributed by atoms with E-state index in [2.05, 4.69) is 15.6 Å². The molecule has 8 nitrogen and oxygen atoms in total. The molecule has 1 saturated heterocycles. The first-order valence-corrected chi connectivity index (χ1v) is 10.1. The SMILES string of the molecule is Cc1csc(Sc2ccc(C(=O)NC3CCCCNC3=O)cc2[N+](=O)[O-])n1. The van der Waals surface area contributed by atoms with Crippen molar-refractivity contribution in [3.8, 4) is 0 Å². The van der Waals surface area contributed by atoms with E-state index >= 15 is 0 Å². The molecule has 0 spiro atoms. The zero-order valence-corrected chi connectivity index (χ0v) is 16.2. The smallest absolute Gasteiger partial charge is 0.284 e. The number of nitrogens with zero attached hydrogens (tertiary/aromatic N) is 2. The van der Waals surface area contributed by atoms with Crippen LogP contribution in [0.15, 0.2) is 32.8 Å². The standard InChI is InChI=1S/C17H18N4O4S2/c1-10-9-26-17(19-10)27-14-6-5-11(8-13(14)21(24)25)15(22)20-12-4-2-3-7-18-16(12)23/h5-6,8-9,12H,2-4,7H2,1H3,(H,18,23)(H,20,22). The molecule has 1 aromatic heterocycles. The lowest BCUT2D eigenvalue weighted by molar-refractivity contribution is -0.387. The Morgan fingerprint density at radius 2 is 2.26 bits per heavy atom. The van der Waals surface area contributed by atoms with Crippen molar-refractivity contribution < 1.29 is 14.5 Å². The van der Waals surface area contributed by atoms with E-state index in [0.717, 1.165) is 18.5 Å². The van der Waals surface area contributed by atoms with Crippen LogP contribution in [0.3, 0.4) is 0 Å². The summed E-state index contributed by atoms with van der Waals surface area (Å²) in [5, 5.41) is 18.7. The van der Waals surface area contributed by atoms with Gasteiger partial charge in [-0.1, -0.05) is 11.8 Å². The van der Waals surface area contributed by atoms with Crippen molar-refractivity contribution in [2.75, 3.05) is 6.54 Å². The molecule has 142 valence electrons. The molecule has 1 fully saturated rings. The van der Waals surface area contributed by atoms with E-state index in [1.165, 1.54) is 35.2 Å². The fourth-order valence-corrected chi connectivity index (χ4v) is 4.56. The molecule has 27 heavy (non-hydrogen) atoms. The van der Waals surface area contributed by atoms with E-state index in [0.29, 0.717) is 22.2 Å². The number of rotatable bonds is 5. The molecule has 1 atom stereocenters. The summed E-state index contributed by atoms with van der Waals surface area (Å²) in [6.45, 7) is 2.45. The van der Waals surface area contributed by atoms with E-state index < -0.39 is 16.9 Å². The van der Waals surface area contributed by atoms with E-state index in [1.807, 2.05) is 12.3 Å². The van der Waals surface area contributed by atoms with Gasteiger partial charge in [0.05, 0.1) is 9.82 Å². The van der Waals surface area contributed by atoms with Gasteiger partial charge < -0.3 is 10.6 Å². The van der Waals surface area contributed by atoms with Crippen LogP contribution in [0, 0.1) is 17.0 Å². The van der Waals surface area contributed by atoms with E-state index in [4.69, 9.17) is 0 Å². The Morgan fingerprint density at radius 3 is 2.96 bits per heavy atom. The van der Waals surface area contributed by atoms with Crippen LogP contribution in [-0.4, -0.2) is 34.3 Å². The Kier molecular flexibility index (Phi) is 6.07. The topological polar surface area (TPSA) is 114 Å². The van der Waals surface area contributed by atoms with Gasteiger partial charge in [0.1, 0.15) is 6.04 Å². The molecule has 1 aliphatic rings. The van der Waals surface area contributed by atoms with Crippen molar-refractivity contribution in [1.82, 2.24) is 15.6 Å². The Balaban J connectivity index is 1.79. The van der Waals surface area contributed by atoms with Crippen molar-refractivity contribution in [3.63, 3.8) is 0 Å². The maximum Gasteiger partial charge on any atom is 0.284 e. The van der Waals surface area contributed by atoms with Crippen LogP contribution < -0.4 is 10.6 Å². The second kappa shape index (κ2) is 8.49. The summed E-state index contributed by atoms with van der Waals surface area (Å²) in [4.78, 5) is 40.1. The van der Waals surface area contributed by atoms with Gasteiger partial charge >= 0.3 is 0 Å². The van der Waals surface area contributed by atoms with E-state index in [1.54, 1.807) is 6.07 Å². The quantitative estimate of drug-likeness (QED) is 0.583. The maximum atomic E-state index is 12.5. The monoisotopic (exact) mass is 406 g/mol. The first-order valence-electron chi connectivity index (χ1n) is 8.41. The summed E-state index contributed by atoms with van der Waals surface area (Å²) >= 11 is 2.60. The number of aromatic nitrogens is 1. The zero-order chi connectivity index (χ0) is 19.4. The van der Waals surface area contributed by atoms with Crippen molar-refractivity contribution in [1.29, 1.82) is 0 Å². The Labute approximate surface area is 163 Å². The fraction of sp³-hybridized carbons (Fsp3) is 0.353. The molecule has 10 heteroatoms. The molecule has 0 aliphatic carbocycles. The predicted octanol–water partition coefficient (Wildman–Crippen LogP) is 2.91. The minimum atomic E-state index is -0.619. The van der Waals surface area contributed by atoms with Crippen molar-refractivity contribution >= 4 is 40.6 Å². The van der Waals surface area contributed by atoms with Gasteiger partial charge in [0.25, 0.3) is 11.6 Å². The number of nitro benzene ring substituents is 1. The molecule has 2 aromatic rings. The number of nitro groups is 1. The van der Waals surface area contributed by atoms with Crippen molar-refractivity contribution in [2.24, 2.45) is 0 Å². The number of carbonyl (C=O) groups excluding carboxylic acids is 2. The lowest BCUT2D eigenvalue weighted by atomic mass is 10.1. The van der Waals surface area contributed by atoms with Crippen LogP contribution in [0.2, 0.25) is 0 Å². The Hall–Kier alpha value is -2.46. The van der Waals surface area contributed by atoms with E-state index in [9.17, 15) is 19.7 Å². The second-order valence-corrected chi connectivity index (χ2v) is 8.26. The van der Waals surface area contributed by atoms with Gasteiger partial charge in [0, 0.05) is 29.2 Å². The van der Waals surface area contributed by atoms with Gasteiger partial charge in [-0.05, 0) is 38.3 Å². The van der Waals surface area contributed by atoms with Crippen LogP contribution in [0.25, 0.3) is 0 Å². The number of hydrogen-bond acceptors (Lipinski definition) is 7. The lowest BCUT2D eigenvalue weighted by Gasteiger charge is -2.15. The average Bonchev–Trinajstić information content (AvgIpc) is 2.93. The van der Waals surface area contributed by atoms with Crippen LogP contribution in [-0.2, 0) is 4.79 Å². The molecule has 0 radical (unpaired) electrons. The van der Waals surface area contributed by atoms with E-state index in [-0.39, 0.29) is 17.2 Å². The highest BCUT2D eigenvalue weighted by Crippen LogP contribution is 2.36. The third kappa shape index (κ3) is 4.83. The molecule has 0 saturated carbocycles. The Bertz CT molecular complexity index is 884. The molecule has 0 bridgehead atoms.